The predicted molar refractivity (Wildman–Crippen MR) is 89.4 cm³/mol. The average molecular weight is 350 g/mol. The molecule has 0 atom stereocenters. The van der Waals surface area contributed by atoms with Gasteiger partial charge in [0, 0.05) is 34.5 Å². The Balaban J connectivity index is 2.38. The van der Waals surface area contributed by atoms with Crippen LogP contribution < -0.4 is 10.6 Å². The Bertz CT molecular complexity index is 674. The first-order chi connectivity index (χ1) is 10.0. The van der Waals surface area contributed by atoms with E-state index in [4.69, 9.17) is 0 Å². The molecule has 0 aliphatic heterocycles. The van der Waals surface area contributed by atoms with Crippen molar-refractivity contribution in [2.75, 3.05) is 17.2 Å². The fourth-order valence-corrected chi connectivity index (χ4v) is 2.36. The molecule has 0 amide bonds. The lowest BCUT2D eigenvalue weighted by molar-refractivity contribution is -0.384. The zero-order chi connectivity index (χ0) is 15.4. The summed E-state index contributed by atoms with van der Waals surface area (Å²) in [5.74, 6) is 0. The number of non-ortho nitro benzene ring substituents is 1. The van der Waals surface area contributed by atoms with Gasteiger partial charge in [-0.1, -0.05) is 12.1 Å². The lowest BCUT2D eigenvalue weighted by Gasteiger charge is -2.12. The molecule has 0 spiro atoms. The molecule has 0 saturated heterocycles. The molecule has 0 aromatic heterocycles. The van der Waals surface area contributed by atoms with E-state index in [0.29, 0.717) is 12.2 Å². The number of anilines is 3. The highest BCUT2D eigenvalue weighted by Gasteiger charge is 2.11. The van der Waals surface area contributed by atoms with Crippen LogP contribution in [0.3, 0.4) is 0 Å². The molecule has 0 fully saturated rings. The predicted octanol–water partition coefficient (Wildman–Crippen LogP) is 4.84. The summed E-state index contributed by atoms with van der Waals surface area (Å²) in [5.41, 5.74) is 3.42. The van der Waals surface area contributed by atoms with Crippen LogP contribution in [0.4, 0.5) is 22.7 Å². The van der Waals surface area contributed by atoms with E-state index >= 15 is 0 Å². The summed E-state index contributed by atoms with van der Waals surface area (Å²) in [6, 6.07) is 10.8. The maximum absolute atomic E-state index is 11.0. The minimum Gasteiger partial charge on any atom is -0.385 e. The van der Waals surface area contributed by atoms with Gasteiger partial charge in [-0.05, 0) is 47.5 Å². The lowest BCUT2D eigenvalue weighted by atomic mass is 10.2. The highest BCUT2D eigenvalue weighted by molar-refractivity contribution is 9.10. The second kappa shape index (κ2) is 6.58. The van der Waals surface area contributed by atoms with Gasteiger partial charge in [0.25, 0.3) is 5.69 Å². The van der Waals surface area contributed by atoms with Crippen molar-refractivity contribution in [2.45, 2.75) is 13.8 Å². The van der Waals surface area contributed by atoms with Crippen molar-refractivity contribution in [1.29, 1.82) is 0 Å². The van der Waals surface area contributed by atoms with Gasteiger partial charge in [-0.25, -0.2) is 0 Å². The molecular formula is C15H16BrN3O2. The number of nitro groups is 1. The summed E-state index contributed by atoms with van der Waals surface area (Å²) in [6.07, 6.45) is 0. The fourth-order valence-electron chi connectivity index (χ4n) is 1.99. The molecule has 110 valence electrons. The zero-order valence-electron chi connectivity index (χ0n) is 11.8. The van der Waals surface area contributed by atoms with E-state index in [9.17, 15) is 10.1 Å². The van der Waals surface area contributed by atoms with Crippen molar-refractivity contribution in [3.8, 4) is 0 Å². The van der Waals surface area contributed by atoms with E-state index < -0.39 is 4.92 Å². The smallest absolute Gasteiger partial charge is 0.273 e. The van der Waals surface area contributed by atoms with Crippen LogP contribution in [0.5, 0.6) is 0 Å². The van der Waals surface area contributed by atoms with Crippen molar-refractivity contribution < 1.29 is 4.92 Å². The standard InChI is InChI=1S/C15H16BrN3O2/c1-3-17-11-7-12(9-13(8-11)19(20)21)18-14-6-4-5-10(2)15(14)16/h4-9,17-18H,3H2,1-2H3. The molecule has 2 aromatic rings. The molecule has 2 N–H and O–H groups in total. The van der Waals surface area contributed by atoms with Crippen LogP contribution in [-0.4, -0.2) is 11.5 Å². The van der Waals surface area contributed by atoms with Gasteiger partial charge in [-0.2, -0.15) is 0 Å². The molecule has 5 nitrogen and oxygen atoms in total. The van der Waals surface area contributed by atoms with Crippen molar-refractivity contribution in [1.82, 2.24) is 0 Å². The Labute approximate surface area is 131 Å². The van der Waals surface area contributed by atoms with Crippen LogP contribution in [0, 0.1) is 17.0 Å². The summed E-state index contributed by atoms with van der Waals surface area (Å²) in [5, 5.41) is 17.3. The number of nitrogens with zero attached hydrogens (tertiary/aromatic N) is 1. The van der Waals surface area contributed by atoms with Crippen molar-refractivity contribution >= 4 is 38.7 Å². The summed E-state index contributed by atoms with van der Waals surface area (Å²) >= 11 is 3.52. The number of nitro benzene ring substituents is 1. The summed E-state index contributed by atoms with van der Waals surface area (Å²) in [6.45, 7) is 4.64. The molecule has 0 aliphatic carbocycles. The van der Waals surface area contributed by atoms with Crippen LogP contribution in [0.15, 0.2) is 40.9 Å². The second-order valence-corrected chi connectivity index (χ2v) is 5.41. The van der Waals surface area contributed by atoms with Crippen LogP contribution in [0.25, 0.3) is 0 Å². The topological polar surface area (TPSA) is 67.2 Å². The molecular weight excluding hydrogens is 334 g/mol. The SMILES string of the molecule is CCNc1cc(Nc2cccc(C)c2Br)cc([N+](=O)[O-])c1. The first-order valence-electron chi connectivity index (χ1n) is 6.56. The first-order valence-corrected chi connectivity index (χ1v) is 7.36. The maximum Gasteiger partial charge on any atom is 0.273 e. The molecule has 2 aromatic carbocycles. The van der Waals surface area contributed by atoms with E-state index in [1.807, 2.05) is 38.1 Å². The van der Waals surface area contributed by atoms with Crippen LogP contribution in [0.2, 0.25) is 0 Å². The van der Waals surface area contributed by atoms with Crippen molar-refractivity contribution in [2.24, 2.45) is 0 Å². The Hall–Kier alpha value is -2.08. The molecule has 2 rings (SSSR count). The largest absolute Gasteiger partial charge is 0.385 e. The van der Waals surface area contributed by atoms with Gasteiger partial charge in [0.15, 0.2) is 0 Å². The normalized spacial score (nSPS) is 10.2. The molecule has 0 heterocycles. The van der Waals surface area contributed by atoms with Crippen LogP contribution in [0.1, 0.15) is 12.5 Å². The van der Waals surface area contributed by atoms with E-state index in [1.54, 1.807) is 0 Å². The third-order valence-electron chi connectivity index (χ3n) is 2.98. The van der Waals surface area contributed by atoms with Gasteiger partial charge in [0.05, 0.1) is 10.6 Å². The molecule has 0 bridgehead atoms. The average Bonchev–Trinajstić information content (AvgIpc) is 2.44. The van der Waals surface area contributed by atoms with Gasteiger partial charge in [0.1, 0.15) is 0 Å². The summed E-state index contributed by atoms with van der Waals surface area (Å²) in [7, 11) is 0. The minimum absolute atomic E-state index is 0.0553. The fraction of sp³-hybridized carbons (Fsp3) is 0.200. The van der Waals surface area contributed by atoms with E-state index in [0.717, 1.165) is 21.4 Å². The number of nitrogens with one attached hydrogen (secondary N) is 2. The lowest BCUT2D eigenvalue weighted by Crippen LogP contribution is -2.00. The van der Waals surface area contributed by atoms with Gasteiger partial charge in [-0.3, -0.25) is 10.1 Å². The Morgan fingerprint density at radius 2 is 1.95 bits per heavy atom. The van der Waals surface area contributed by atoms with Crippen LogP contribution >= 0.6 is 15.9 Å². The monoisotopic (exact) mass is 349 g/mol. The third-order valence-corrected chi connectivity index (χ3v) is 4.03. The van der Waals surface area contributed by atoms with E-state index in [1.165, 1.54) is 12.1 Å². The Morgan fingerprint density at radius 1 is 1.24 bits per heavy atom. The molecule has 0 radical (unpaired) electrons. The molecule has 21 heavy (non-hydrogen) atoms. The quantitative estimate of drug-likeness (QED) is 0.598. The third kappa shape index (κ3) is 3.72. The Morgan fingerprint density at radius 3 is 2.62 bits per heavy atom. The molecule has 6 heteroatoms. The van der Waals surface area contributed by atoms with Gasteiger partial charge >= 0.3 is 0 Å². The minimum atomic E-state index is -0.392. The van der Waals surface area contributed by atoms with E-state index in [-0.39, 0.29) is 5.69 Å². The van der Waals surface area contributed by atoms with Gasteiger partial charge in [0.2, 0.25) is 0 Å². The van der Waals surface area contributed by atoms with Gasteiger partial charge < -0.3 is 10.6 Å². The summed E-state index contributed by atoms with van der Waals surface area (Å²) < 4.78 is 0.946. The van der Waals surface area contributed by atoms with Crippen LogP contribution in [-0.2, 0) is 0 Å². The van der Waals surface area contributed by atoms with Gasteiger partial charge in [-0.15, -0.1) is 0 Å². The van der Waals surface area contributed by atoms with E-state index in [2.05, 4.69) is 26.6 Å². The number of aryl methyl sites for hydroxylation is 1. The second-order valence-electron chi connectivity index (χ2n) is 4.62. The van der Waals surface area contributed by atoms with Crippen molar-refractivity contribution in [3.63, 3.8) is 0 Å². The molecule has 0 saturated carbocycles. The molecule has 0 aliphatic rings. The zero-order valence-corrected chi connectivity index (χ0v) is 13.4. The first kappa shape index (κ1) is 15.3. The summed E-state index contributed by atoms with van der Waals surface area (Å²) in [4.78, 5) is 10.6. The number of hydrogen-bond acceptors (Lipinski definition) is 4. The highest BCUT2D eigenvalue weighted by atomic mass is 79.9. The molecule has 0 unspecified atom stereocenters. The number of benzene rings is 2. The number of hydrogen-bond donors (Lipinski definition) is 2. The number of halogens is 1. The number of rotatable bonds is 5. The Kier molecular flexibility index (Phi) is 4.80. The highest BCUT2D eigenvalue weighted by Crippen LogP contribution is 2.31. The maximum atomic E-state index is 11.0. The van der Waals surface area contributed by atoms with Crippen molar-refractivity contribution in [3.05, 3.63) is 56.5 Å².